The number of unbranched alkanes of at least 4 members (excludes halogenated alkanes) is 1. The number of hydrogen-bond donors (Lipinski definition) is 1. The summed E-state index contributed by atoms with van der Waals surface area (Å²) < 4.78 is 5.53. The van der Waals surface area contributed by atoms with Crippen molar-refractivity contribution in [3.8, 4) is 0 Å². The third-order valence-electron chi connectivity index (χ3n) is 2.93. The monoisotopic (exact) mass is 359 g/mol. The molecule has 0 radical (unpaired) electrons. The average Bonchev–Trinajstić information content (AvgIpc) is 2.44. The quantitative estimate of drug-likeness (QED) is 0.332. The fraction of sp³-hybridized carbons (Fsp3) is 0.500. The fourth-order valence-electron chi connectivity index (χ4n) is 1.77. The van der Waals surface area contributed by atoms with Crippen molar-refractivity contribution in [2.24, 2.45) is 0 Å². The number of hydrogen-bond acceptors (Lipinski definition) is 5. The van der Waals surface area contributed by atoms with Crippen LogP contribution >= 0.6 is 15.9 Å². The maximum atomic E-state index is 11.5. The second kappa shape index (κ2) is 8.74. The minimum absolute atomic E-state index is 0.0259. The molecule has 6 nitrogen and oxygen atoms in total. The summed E-state index contributed by atoms with van der Waals surface area (Å²) in [5.74, 6) is -0.401. The standard InChI is InChI=1S/C14H18BrNO5/c1-2-3-8-21-14(18)7-6-13(17)11-5-4-10(15)9-12(11)16(19)20/h4-5,9,13,17H,2-3,6-8H2,1H3. The minimum Gasteiger partial charge on any atom is -0.466 e. The summed E-state index contributed by atoms with van der Waals surface area (Å²) in [4.78, 5) is 21.9. The summed E-state index contributed by atoms with van der Waals surface area (Å²) in [6.45, 7) is 2.36. The molecule has 1 aromatic carbocycles. The molecular formula is C14H18BrNO5. The minimum atomic E-state index is -1.07. The molecule has 0 saturated carbocycles. The van der Waals surface area contributed by atoms with Crippen molar-refractivity contribution < 1.29 is 19.6 Å². The lowest BCUT2D eigenvalue weighted by atomic mass is 10.0. The number of nitro benzene ring substituents is 1. The first-order valence-electron chi connectivity index (χ1n) is 6.73. The second-order valence-corrected chi connectivity index (χ2v) is 5.50. The number of nitrogens with zero attached hydrogens (tertiary/aromatic N) is 1. The number of rotatable bonds is 8. The Kier molecular flexibility index (Phi) is 7.31. The van der Waals surface area contributed by atoms with E-state index in [1.807, 2.05) is 6.92 Å². The zero-order chi connectivity index (χ0) is 15.8. The van der Waals surface area contributed by atoms with Crippen LogP contribution in [0.3, 0.4) is 0 Å². The van der Waals surface area contributed by atoms with Crippen LogP contribution in [-0.2, 0) is 9.53 Å². The largest absolute Gasteiger partial charge is 0.466 e. The molecule has 1 aromatic rings. The van der Waals surface area contributed by atoms with Gasteiger partial charge in [0.2, 0.25) is 0 Å². The van der Waals surface area contributed by atoms with Crippen molar-refractivity contribution in [1.29, 1.82) is 0 Å². The van der Waals surface area contributed by atoms with Crippen LogP contribution in [0.4, 0.5) is 5.69 Å². The number of aliphatic hydroxyl groups excluding tert-OH is 1. The summed E-state index contributed by atoms with van der Waals surface area (Å²) in [5.41, 5.74) is 0.0285. The fourth-order valence-corrected chi connectivity index (χ4v) is 2.12. The van der Waals surface area contributed by atoms with Gasteiger partial charge in [0.05, 0.1) is 23.2 Å². The second-order valence-electron chi connectivity index (χ2n) is 4.59. The van der Waals surface area contributed by atoms with Crippen LogP contribution in [0.5, 0.6) is 0 Å². The zero-order valence-corrected chi connectivity index (χ0v) is 13.3. The Hall–Kier alpha value is -1.47. The summed E-state index contributed by atoms with van der Waals surface area (Å²) in [6, 6.07) is 4.43. The summed E-state index contributed by atoms with van der Waals surface area (Å²) in [5, 5.41) is 21.0. The third-order valence-corrected chi connectivity index (χ3v) is 3.42. The number of nitro groups is 1. The van der Waals surface area contributed by atoms with Crippen LogP contribution in [0.25, 0.3) is 0 Å². The third kappa shape index (κ3) is 5.81. The Balaban J connectivity index is 2.61. The number of carbonyl (C=O) groups excluding carboxylic acids is 1. The van der Waals surface area contributed by atoms with Crippen molar-refractivity contribution in [2.45, 2.75) is 38.7 Å². The first kappa shape index (κ1) is 17.6. The van der Waals surface area contributed by atoms with E-state index in [1.165, 1.54) is 12.1 Å². The first-order valence-corrected chi connectivity index (χ1v) is 7.52. The number of esters is 1. The predicted octanol–water partition coefficient (Wildman–Crippen LogP) is 3.51. The first-order chi connectivity index (χ1) is 9.95. The normalized spacial score (nSPS) is 12.0. The van der Waals surface area contributed by atoms with Gasteiger partial charge in [0, 0.05) is 17.0 Å². The predicted molar refractivity (Wildman–Crippen MR) is 80.9 cm³/mol. The number of halogens is 1. The van der Waals surface area contributed by atoms with E-state index in [0.717, 1.165) is 12.8 Å². The van der Waals surface area contributed by atoms with Gasteiger partial charge in [-0.2, -0.15) is 0 Å². The van der Waals surface area contributed by atoms with Gasteiger partial charge in [-0.05, 0) is 25.0 Å². The van der Waals surface area contributed by atoms with E-state index < -0.39 is 17.0 Å². The van der Waals surface area contributed by atoms with Crippen LogP contribution in [-0.4, -0.2) is 22.6 Å². The van der Waals surface area contributed by atoms with Crippen LogP contribution in [0.15, 0.2) is 22.7 Å². The maximum Gasteiger partial charge on any atom is 0.305 e. The van der Waals surface area contributed by atoms with Gasteiger partial charge in [0.1, 0.15) is 0 Å². The molecule has 0 spiro atoms. The smallest absolute Gasteiger partial charge is 0.305 e. The Labute approximate surface area is 131 Å². The van der Waals surface area contributed by atoms with E-state index in [9.17, 15) is 20.0 Å². The van der Waals surface area contributed by atoms with Gasteiger partial charge in [-0.1, -0.05) is 29.3 Å². The molecule has 0 amide bonds. The van der Waals surface area contributed by atoms with E-state index >= 15 is 0 Å². The van der Waals surface area contributed by atoms with Gasteiger partial charge >= 0.3 is 5.97 Å². The lowest BCUT2D eigenvalue weighted by Gasteiger charge is -2.11. The number of carbonyl (C=O) groups is 1. The molecule has 0 fully saturated rings. The van der Waals surface area contributed by atoms with Crippen molar-refractivity contribution >= 4 is 27.6 Å². The van der Waals surface area contributed by atoms with E-state index in [4.69, 9.17) is 4.74 Å². The van der Waals surface area contributed by atoms with Gasteiger partial charge < -0.3 is 9.84 Å². The van der Waals surface area contributed by atoms with Crippen molar-refractivity contribution in [1.82, 2.24) is 0 Å². The van der Waals surface area contributed by atoms with Gasteiger partial charge in [-0.3, -0.25) is 14.9 Å². The topological polar surface area (TPSA) is 89.7 Å². The van der Waals surface area contributed by atoms with Crippen molar-refractivity contribution in [3.05, 3.63) is 38.3 Å². The van der Waals surface area contributed by atoms with Crippen LogP contribution in [0, 0.1) is 10.1 Å². The van der Waals surface area contributed by atoms with Crippen LogP contribution in [0.2, 0.25) is 0 Å². The summed E-state index contributed by atoms with van der Waals surface area (Å²) in [7, 11) is 0. The molecule has 0 aliphatic rings. The molecule has 0 bridgehead atoms. The van der Waals surface area contributed by atoms with Gasteiger partial charge in [-0.25, -0.2) is 0 Å². The Bertz CT molecular complexity index is 506. The van der Waals surface area contributed by atoms with Gasteiger partial charge in [0.15, 0.2) is 0 Å². The van der Waals surface area contributed by atoms with E-state index in [1.54, 1.807) is 6.07 Å². The molecule has 116 valence electrons. The molecule has 0 heterocycles. The highest BCUT2D eigenvalue weighted by Crippen LogP contribution is 2.30. The van der Waals surface area contributed by atoms with E-state index in [2.05, 4.69) is 15.9 Å². The number of aliphatic hydroxyl groups is 1. The Morgan fingerprint density at radius 1 is 1.52 bits per heavy atom. The molecule has 0 aromatic heterocycles. The molecule has 1 unspecified atom stereocenters. The highest BCUT2D eigenvalue weighted by atomic mass is 79.9. The molecule has 21 heavy (non-hydrogen) atoms. The highest BCUT2D eigenvalue weighted by Gasteiger charge is 2.21. The molecule has 7 heteroatoms. The molecule has 0 aliphatic heterocycles. The maximum absolute atomic E-state index is 11.5. The molecule has 1 N–H and O–H groups in total. The van der Waals surface area contributed by atoms with Crippen LogP contribution in [0.1, 0.15) is 44.3 Å². The molecule has 0 aliphatic carbocycles. The Morgan fingerprint density at radius 3 is 2.86 bits per heavy atom. The highest BCUT2D eigenvalue weighted by molar-refractivity contribution is 9.10. The van der Waals surface area contributed by atoms with E-state index in [0.29, 0.717) is 11.1 Å². The van der Waals surface area contributed by atoms with Crippen molar-refractivity contribution in [3.63, 3.8) is 0 Å². The summed E-state index contributed by atoms with van der Waals surface area (Å²) >= 11 is 3.15. The molecular weight excluding hydrogens is 342 g/mol. The Morgan fingerprint density at radius 2 is 2.24 bits per heavy atom. The lowest BCUT2D eigenvalue weighted by molar-refractivity contribution is -0.386. The van der Waals surface area contributed by atoms with Crippen LogP contribution < -0.4 is 0 Å². The van der Waals surface area contributed by atoms with E-state index in [-0.39, 0.29) is 24.1 Å². The molecule has 0 saturated heterocycles. The van der Waals surface area contributed by atoms with Gasteiger partial charge in [0.25, 0.3) is 5.69 Å². The summed E-state index contributed by atoms with van der Waals surface area (Å²) in [6.07, 6.45) is 0.774. The number of benzene rings is 1. The molecule has 1 rings (SSSR count). The average molecular weight is 360 g/mol. The SMILES string of the molecule is CCCCOC(=O)CCC(O)c1ccc(Br)cc1[N+](=O)[O-]. The van der Waals surface area contributed by atoms with Gasteiger partial charge in [-0.15, -0.1) is 0 Å². The zero-order valence-electron chi connectivity index (χ0n) is 11.8. The lowest BCUT2D eigenvalue weighted by Crippen LogP contribution is -2.09. The van der Waals surface area contributed by atoms with Crippen molar-refractivity contribution in [2.75, 3.05) is 6.61 Å². The molecule has 1 atom stereocenters. The number of ether oxygens (including phenoxy) is 1.